The summed E-state index contributed by atoms with van der Waals surface area (Å²) in [5, 5.41) is 16.4. The molecule has 0 atom stereocenters. The highest BCUT2D eigenvalue weighted by molar-refractivity contribution is 5.94. The molecule has 1 amide bonds. The van der Waals surface area contributed by atoms with E-state index in [1.807, 2.05) is 59.5 Å². The van der Waals surface area contributed by atoms with Gasteiger partial charge in [-0.1, -0.05) is 12.1 Å². The highest BCUT2D eigenvalue weighted by Gasteiger charge is 2.25. The second kappa shape index (κ2) is 9.80. The molecule has 1 aliphatic rings. The van der Waals surface area contributed by atoms with Crippen molar-refractivity contribution in [3.05, 3.63) is 72.7 Å². The van der Waals surface area contributed by atoms with E-state index in [0.717, 1.165) is 28.5 Å². The molecule has 1 aliphatic heterocycles. The number of carbonyl (C=O) groups is 1. The first-order valence-electron chi connectivity index (χ1n) is 11.3. The second-order valence-electron chi connectivity index (χ2n) is 8.19. The van der Waals surface area contributed by atoms with Crippen molar-refractivity contribution in [2.45, 2.75) is 0 Å². The van der Waals surface area contributed by atoms with E-state index in [4.69, 9.17) is 4.74 Å². The summed E-state index contributed by atoms with van der Waals surface area (Å²) in [4.78, 5) is 21.3. The minimum Gasteiger partial charge on any atom is -0.497 e. The Morgan fingerprint density at radius 2 is 1.86 bits per heavy atom. The molecule has 3 aromatic heterocycles. The zero-order chi connectivity index (χ0) is 24.2. The molecule has 0 bridgehead atoms. The molecule has 4 heterocycles. The fraction of sp³-hybridized carbons (Fsp3) is 0.240. The Hall–Kier alpha value is -4.47. The zero-order valence-electron chi connectivity index (χ0n) is 19.6. The van der Waals surface area contributed by atoms with Gasteiger partial charge in [0.2, 0.25) is 0 Å². The summed E-state index contributed by atoms with van der Waals surface area (Å²) >= 11 is 0. The van der Waals surface area contributed by atoms with E-state index in [2.05, 4.69) is 30.5 Å². The van der Waals surface area contributed by atoms with Gasteiger partial charge < -0.3 is 19.9 Å². The van der Waals surface area contributed by atoms with Crippen LogP contribution in [0, 0.1) is 0 Å². The van der Waals surface area contributed by atoms with Crippen LogP contribution in [0.5, 0.6) is 5.75 Å². The van der Waals surface area contributed by atoms with Gasteiger partial charge in [0.15, 0.2) is 11.6 Å². The standard InChI is InChI=1S/C25H26N8O2/c1-31-22(16-21(30-31)18-5-3-7-20(15-18)35-2)25(34)33-13-11-32(12-14-33)24-9-8-23(28-29-24)27-19-6-4-10-26-17-19/h3-10,15-17H,11-14H2,1-2H3,(H,27,28). The molecule has 0 spiro atoms. The number of ether oxygens (including phenoxy) is 1. The van der Waals surface area contributed by atoms with Crippen molar-refractivity contribution in [3.8, 4) is 17.0 Å². The second-order valence-corrected chi connectivity index (χ2v) is 8.19. The minimum atomic E-state index is -0.0316. The van der Waals surface area contributed by atoms with Crippen molar-refractivity contribution in [2.75, 3.05) is 43.5 Å². The molecule has 0 radical (unpaired) electrons. The maximum Gasteiger partial charge on any atom is 0.272 e. The predicted octanol–water partition coefficient (Wildman–Crippen LogP) is 2.99. The number of rotatable bonds is 6. The molecule has 0 saturated carbocycles. The molecule has 0 unspecified atom stereocenters. The molecular formula is C25H26N8O2. The van der Waals surface area contributed by atoms with Gasteiger partial charge in [-0.2, -0.15) is 5.10 Å². The van der Waals surface area contributed by atoms with Crippen LogP contribution < -0.4 is 15.0 Å². The van der Waals surface area contributed by atoms with E-state index >= 15 is 0 Å². The van der Waals surface area contributed by atoms with Gasteiger partial charge in [-0.25, -0.2) is 0 Å². The van der Waals surface area contributed by atoms with Crippen LogP contribution >= 0.6 is 0 Å². The maximum atomic E-state index is 13.2. The lowest BCUT2D eigenvalue weighted by atomic mass is 10.1. The van der Waals surface area contributed by atoms with Crippen LogP contribution in [0.2, 0.25) is 0 Å². The minimum absolute atomic E-state index is 0.0316. The molecular weight excluding hydrogens is 444 g/mol. The number of aromatic nitrogens is 5. The topological polar surface area (TPSA) is 101 Å². The molecule has 1 saturated heterocycles. The third-order valence-electron chi connectivity index (χ3n) is 5.94. The Morgan fingerprint density at radius 3 is 2.57 bits per heavy atom. The Kier molecular flexibility index (Phi) is 6.25. The van der Waals surface area contributed by atoms with Gasteiger partial charge in [-0.05, 0) is 42.5 Å². The van der Waals surface area contributed by atoms with E-state index in [1.54, 1.807) is 31.2 Å². The molecule has 1 aromatic carbocycles. The molecule has 1 N–H and O–H groups in total. The van der Waals surface area contributed by atoms with Crippen LogP contribution in [-0.2, 0) is 7.05 Å². The van der Waals surface area contributed by atoms with Crippen molar-refractivity contribution in [3.63, 3.8) is 0 Å². The summed E-state index contributed by atoms with van der Waals surface area (Å²) in [6.45, 7) is 2.54. The Bertz CT molecular complexity index is 1300. The molecule has 4 aromatic rings. The van der Waals surface area contributed by atoms with E-state index in [-0.39, 0.29) is 5.91 Å². The third-order valence-corrected chi connectivity index (χ3v) is 5.94. The van der Waals surface area contributed by atoms with Crippen molar-refractivity contribution in [1.29, 1.82) is 0 Å². The summed E-state index contributed by atoms with van der Waals surface area (Å²) in [5.41, 5.74) is 3.06. The lowest BCUT2D eigenvalue weighted by Gasteiger charge is -2.35. The van der Waals surface area contributed by atoms with Crippen molar-refractivity contribution < 1.29 is 9.53 Å². The smallest absolute Gasteiger partial charge is 0.272 e. The van der Waals surface area contributed by atoms with Crippen LogP contribution in [0.4, 0.5) is 17.3 Å². The van der Waals surface area contributed by atoms with Crippen molar-refractivity contribution >= 4 is 23.2 Å². The van der Waals surface area contributed by atoms with E-state index in [1.165, 1.54) is 0 Å². The van der Waals surface area contributed by atoms with Crippen LogP contribution in [0.25, 0.3) is 11.3 Å². The predicted molar refractivity (Wildman–Crippen MR) is 133 cm³/mol. The summed E-state index contributed by atoms with van der Waals surface area (Å²) in [5.74, 6) is 2.16. The Morgan fingerprint density at radius 1 is 1.00 bits per heavy atom. The van der Waals surface area contributed by atoms with Gasteiger partial charge in [0.1, 0.15) is 11.4 Å². The SMILES string of the molecule is COc1cccc(-c2cc(C(=O)N3CCN(c4ccc(Nc5cccnc5)nn4)CC3)n(C)n2)c1. The lowest BCUT2D eigenvalue weighted by Crippen LogP contribution is -2.49. The van der Waals surface area contributed by atoms with E-state index < -0.39 is 0 Å². The largest absolute Gasteiger partial charge is 0.497 e. The Labute approximate surface area is 203 Å². The average molecular weight is 471 g/mol. The number of carbonyl (C=O) groups excluding carboxylic acids is 1. The van der Waals surface area contributed by atoms with Gasteiger partial charge in [0.25, 0.3) is 5.91 Å². The Balaban J connectivity index is 1.21. The number of pyridine rings is 1. The van der Waals surface area contributed by atoms with E-state index in [0.29, 0.717) is 37.7 Å². The fourth-order valence-corrected chi connectivity index (χ4v) is 4.04. The first kappa shape index (κ1) is 22.3. The van der Waals surface area contributed by atoms with Crippen molar-refractivity contribution in [1.82, 2.24) is 29.9 Å². The highest BCUT2D eigenvalue weighted by atomic mass is 16.5. The molecule has 5 rings (SSSR count). The van der Waals surface area contributed by atoms with E-state index in [9.17, 15) is 4.79 Å². The number of hydrogen-bond donors (Lipinski definition) is 1. The van der Waals surface area contributed by atoms with Crippen LogP contribution in [-0.4, -0.2) is 69.1 Å². The maximum absolute atomic E-state index is 13.2. The number of hydrogen-bond acceptors (Lipinski definition) is 8. The number of aryl methyl sites for hydroxylation is 1. The molecule has 0 aliphatic carbocycles. The van der Waals surface area contributed by atoms with Crippen LogP contribution in [0.3, 0.4) is 0 Å². The fourth-order valence-electron chi connectivity index (χ4n) is 4.04. The third kappa shape index (κ3) is 4.91. The number of nitrogens with one attached hydrogen (secondary N) is 1. The first-order chi connectivity index (χ1) is 17.1. The van der Waals surface area contributed by atoms with Crippen molar-refractivity contribution in [2.24, 2.45) is 7.05 Å². The first-order valence-corrected chi connectivity index (χ1v) is 11.3. The van der Waals surface area contributed by atoms with Gasteiger partial charge in [-0.3, -0.25) is 14.5 Å². The summed E-state index contributed by atoms with van der Waals surface area (Å²) in [6.07, 6.45) is 3.45. The normalized spacial score (nSPS) is 13.5. The number of amides is 1. The van der Waals surface area contributed by atoms with Gasteiger partial charge in [0, 0.05) is 45.0 Å². The summed E-state index contributed by atoms with van der Waals surface area (Å²) in [7, 11) is 3.43. The molecule has 1 fully saturated rings. The van der Waals surface area contributed by atoms with Crippen LogP contribution in [0.15, 0.2) is 67.0 Å². The van der Waals surface area contributed by atoms with Gasteiger partial charge >= 0.3 is 0 Å². The summed E-state index contributed by atoms with van der Waals surface area (Å²) < 4.78 is 6.95. The lowest BCUT2D eigenvalue weighted by molar-refractivity contribution is 0.0735. The average Bonchev–Trinajstić information content (AvgIpc) is 3.31. The number of anilines is 3. The number of nitrogens with zero attached hydrogens (tertiary/aromatic N) is 7. The number of piperazine rings is 1. The van der Waals surface area contributed by atoms with Gasteiger partial charge in [-0.15, -0.1) is 10.2 Å². The molecule has 178 valence electrons. The molecule has 10 heteroatoms. The highest BCUT2D eigenvalue weighted by Crippen LogP contribution is 2.24. The van der Waals surface area contributed by atoms with Gasteiger partial charge in [0.05, 0.1) is 24.7 Å². The summed E-state index contributed by atoms with van der Waals surface area (Å²) in [6, 6.07) is 17.1. The molecule has 10 nitrogen and oxygen atoms in total. The number of methoxy groups -OCH3 is 1. The quantitative estimate of drug-likeness (QED) is 0.459. The van der Waals surface area contributed by atoms with Crippen LogP contribution in [0.1, 0.15) is 10.5 Å². The monoisotopic (exact) mass is 470 g/mol. The molecule has 35 heavy (non-hydrogen) atoms. The zero-order valence-corrected chi connectivity index (χ0v) is 19.6. The number of benzene rings is 1.